The Labute approximate surface area is 127 Å². The summed E-state index contributed by atoms with van der Waals surface area (Å²) in [5, 5.41) is 7.39. The number of hydrogen-bond acceptors (Lipinski definition) is 8. The molecule has 22 heavy (non-hydrogen) atoms. The summed E-state index contributed by atoms with van der Waals surface area (Å²) in [5.41, 5.74) is 0.304. The Morgan fingerprint density at radius 3 is 2.73 bits per heavy atom. The highest BCUT2D eigenvalue weighted by atomic mass is 32.2. The maximum Gasteiger partial charge on any atom is 0.255 e. The monoisotopic (exact) mass is 328 g/mol. The summed E-state index contributed by atoms with van der Waals surface area (Å²) >= 11 is 0. The lowest BCUT2D eigenvalue weighted by Crippen LogP contribution is -2.24. The third kappa shape index (κ3) is 2.89. The van der Waals surface area contributed by atoms with E-state index in [0.717, 1.165) is 12.8 Å². The molecule has 0 aliphatic carbocycles. The highest BCUT2D eigenvalue weighted by Gasteiger charge is 2.26. The highest BCUT2D eigenvalue weighted by Crippen LogP contribution is 2.27. The van der Waals surface area contributed by atoms with Gasteiger partial charge in [0.15, 0.2) is 11.6 Å². The molecule has 1 saturated heterocycles. The van der Waals surface area contributed by atoms with E-state index in [4.69, 9.17) is 13.8 Å². The summed E-state index contributed by atoms with van der Waals surface area (Å²) in [6.07, 6.45) is 1.58. The average molecular weight is 328 g/mol. The van der Waals surface area contributed by atoms with E-state index >= 15 is 0 Å². The predicted octanol–water partition coefficient (Wildman–Crippen LogP) is 1.00. The lowest BCUT2D eigenvalue weighted by atomic mass is 10.2. The van der Waals surface area contributed by atoms with Crippen molar-refractivity contribution in [1.29, 1.82) is 0 Å². The highest BCUT2D eigenvalue weighted by molar-refractivity contribution is 7.89. The van der Waals surface area contributed by atoms with Gasteiger partial charge in [0.25, 0.3) is 5.89 Å². The van der Waals surface area contributed by atoms with Crippen molar-refractivity contribution in [2.75, 3.05) is 6.61 Å². The van der Waals surface area contributed by atoms with Gasteiger partial charge in [-0.3, -0.25) is 0 Å². The van der Waals surface area contributed by atoms with Gasteiger partial charge in [0, 0.05) is 6.61 Å². The molecule has 10 heteroatoms. The van der Waals surface area contributed by atoms with E-state index in [0.29, 0.717) is 18.2 Å². The van der Waals surface area contributed by atoms with Crippen molar-refractivity contribution >= 4 is 10.0 Å². The fourth-order valence-electron chi connectivity index (χ4n) is 2.33. The molecule has 1 aliphatic rings. The Balaban J connectivity index is 1.69. The molecule has 2 aromatic heterocycles. The van der Waals surface area contributed by atoms with Crippen molar-refractivity contribution in [3.05, 3.63) is 23.2 Å². The lowest BCUT2D eigenvalue weighted by Gasteiger charge is -2.03. The zero-order chi connectivity index (χ0) is 15.7. The molecule has 3 rings (SSSR count). The molecule has 1 N–H and O–H groups in total. The van der Waals surface area contributed by atoms with Gasteiger partial charge in [0.2, 0.25) is 10.0 Å². The molecular weight excluding hydrogens is 312 g/mol. The second-order valence-electron chi connectivity index (χ2n) is 5.03. The zero-order valence-electron chi connectivity index (χ0n) is 12.2. The zero-order valence-corrected chi connectivity index (χ0v) is 13.0. The number of sulfonamides is 1. The van der Waals surface area contributed by atoms with E-state index in [1.165, 1.54) is 0 Å². The minimum atomic E-state index is -3.75. The van der Waals surface area contributed by atoms with Crippen LogP contribution in [0.15, 0.2) is 13.9 Å². The number of hydrogen-bond donors (Lipinski definition) is 1. The van der Waals surface area contributed by atoms with Crippen LogP contribution >= 0.6 is 0 Å². The van der Waals surface area contributed by atoms with Gasteiger partial charge >= 0.3 is 0 Å². The van der Waals surface area contributed by atoms with Crippen LogP contribution in [0.5, 0.6) is 0 Å². The Morgan fingerprint density at radius 2 is 2.09 bits per heavy atom. The number of ether oxygens (including phenoxy) is 1. The molecule has 9 nitrogen and oxygen atoms in total. The first kappa shape index (κ1) is 15.1. The summed E-state index contributed by atoms with van der Waals surface area (Å²) < 4.78 is 42.3. The predicted molar refractivity (Wildman–Crippen MR) is 72.2 cm³/mol. The molecule has 3 heterocycles. The van der Waals surface area contributed by atoms with E-state index in [1.54, 1.807) is 13.8 Å². The molecule has 0 unspecified atom stereocenters. The van der Waals surface area contributed by atoms with E-state index < -0.39 is 10.0 Å². The van der Waals surface area contributed by atoms with Crippen LogP contribution in [0.2, 0.25) is 0 Å². The van der Waals surface area contributed by atoms with Crippen molar-refractivity contribution in [2.24, 2.45) is 0 Å². The Kier molecular flexibility index (Phi) is 3.98. The van der Waals surface area contributed by atoms with E-state index in [9.17, 15) is 8.42 Å². The van der Waals surface area contributed by atoms with Gasteiger partial charge in [0.1, 0.15) is 16.7 Å². The van der Waals surface area contributed by atoms with Crippen LogP contribution in [0.1, 0.15) is 42.1 Å². The smallest absolute Gasteiger partial charge is 0.255 e. The summed E-state index contributed by atoms with van der Waals surface area (Å²) in [6, 6.07) is 0. The first-order valence-corrected chi connectivity index (χ1v) is 8.32. The molecule has 1 fully saturated rings. The average Bonchev–Trinajstić information content (AvgIpc) is 3.17. The van der Waals surface area contributed by atoms with Crippen molar-refractivity contribution in [3.8, 4) is 0 Å². The quantitative estimate of drug-likeness (QED) is 0.863. The third-order valence-corrected chi connectivity index (χ3v) is 4.99. The molecule has 0 bridgehead atoms. The van der Waals surface area contributed by atoms with E-state index in [-0.39, 0.29) is 29.1 Å². The number of nitrogens with zero attached hydrogens (tertiary/aromatic N) is 3. The Morgan fingerprint density at radius 1 is 1.27 bits per heavy atom. The summed E-state index contributed by atoms with van der Waals surface area (Å²) in [6.45, 7) is 3.69. The minimum Gasteiger partial charge on any atom is -0.368 e. The van der Waals surface area contributed by atoms with Crippen LogP contribution in [0.3, 0.4) is 0 Å². The van der Waals surface area contributed by atoms with Crippen LogP contribution in [-0.4, -0.2) is 30.3 Å². The molecule has 0 radical (unpaired) electrons. The van der Waals surface area contributed by atoms with Gasteiger partial charge in [-0.25, -0.2) is 13.1 Å². The van der Waals surface area contributed by atoms with Crippen LogP contribution in [0, 0.1) is 13.8 Å². The van der Waals surface area contributed by atoms with Crippen LogP contribution in [0.25, 0.3) is 0 Å². The summed E-state index contributed by atoms with van der Waals surface area (Å²) in [7, 11) is -3.75. The van der Waals surface area contributed by atoms with Crippen LogP contribution in [-0.2, 0) is 21.3 Å². The largest absolute Gasteiger partial charge is 0.368 e. The molecule has 1 aliphatic heterocycles. The number of aromatic nitrogens is 3. The fraction of sp³-hybridized carbons (Fsp3) is 0.583. The first-order chi connectivity index (χ1) is 10.5. The standard InChI is InChI=1S/C12H16N4O5S/c1-7-11(8(2)20-15-7)22(17,18)13-6-10-14-12(21-16-10)9-4-3-5-19-9/h9,13H,3-6H2,1-2H3/t9-/m0/s1. The maximum absolute atomic E-state index is 12.2. The molecular formula is C12H16N4O5S. The molecule has 0 spiro atoms. The van der Waals surface area contributed by atoms with Crippen molar-refractivity contribution in [3.63, 3.8) is 0 Å². The van der Waals surface area contributed by atoms with E-state index in [2.05, 4.69) is 20.0 Å². The van der Waals surface area contributed by atoms with Gasteiger partial charge in [-0.1, -0.05) is 10.3 Å². The summed E-state index contributed by atoms with van der Waals surface area (Å²) in [4.78, 5) is 4.19. The minimum absolute atomic E-state index is 0.0374. The normalized spacial score (nSPS) is 18.9. The molecule has 2 aromatic rings. The third-order valence-electron chi connectivity index (χ3n) is 3.35. The molecule has 1 atom stereocenters. The SMILES string of the molecule is Cc1noc(C)c1S(=O)(=O)NCc1noc([C@@H]2CCCO2)n1. The van der Waals surface area contributed by atoms with Crippen LogP contribution < -0.4 is 4.72 Å². The van der Waals surface area contributed by atoms with E-state index in [1.807, 2.05) is 0 Å². The van der Waals surface area contributed by atoms with Gasteiger partial charge < -0.3 is 13.8 Å². The topological polar surface area (TPSA) is 120 Å². The van der Waals surface area contributed by atoms with Crippen LogP contribution in [0.4, 0.5) is 0 Å². The van der Waals surface area contributed by atoms with Crippen molar-refractivity contribution < 1.29 is 22.2 Å². The molecule has 120 valence electrons. The van der Waals surface area contributed by atoms with Gasteiger partial charge in [0.05, 0.1) is 6.54 Å². The van der Waals surface area contributed by atoms with Gasteiger partial charge in [-0.2, -0.15) is 4.98 Å². The molecule has 0 saturated carbocycles. The molecule has 0 aromatic carbocycles. The van der Waals surface area contributed by atoms with Crippen molar-refractivity contribution in [2.45, 2.75) is 44.2 Å². The Hall–Kier alpha value is -1.78. The number of nitrogens with one attached hydrogen (secondary N) is 1. The van der Waals surface area contributed by atoms with Gasteiger partial charge in [-0.15, -0.1) is 0 Å². The number of aryl methyl sites for hydroxylation is 2. The maximum atomic E-state index is 12.2. The first-order valence-electron chi connectivity index (χ1n) is 6.84. The van der Waals surface area contributed by atoms with Gasteiger partial charge in [-0.05, 0) is 26.7 Å². The number of rotatable bonds is 5. The lowest BCUT2D eigenvalue weighted by molar-refractivity contribution is 0.0835. The summed E-state index contributed by atoms with van der Waals surface area (Å²) in [5.74, 6) is 0.864. The Bertz CT molecular complexity index is 741. The second-order valence-corrected chi connectivity index (χ2v) is 6.73. The second kappa shape index (κ2) is 5.78. The fourth-order valence-corrected chi connectivity index (χ4v) is 3.64. The van der Waals surface area contributed by atoms with Crippen molar-refractivity contribution in [1.82, 2.24) is 20.0 Å². The molecule has 0 amide bonds.